The van der Waals surface area contributed by atoms with Crippen molar-refractivity contribution >= 4 is 5.78 Å². The van der Waals surface area contributed by atoms with Crippen LogP contribution in [0.25, 0.3) is 0 Å². The summed E-state index contributed by atoms with van der Waals surface area (Å²) in [6.45, 7) is 3.80. The number of alkyl halides is 3. The van der Waals surface area contributed by atoms with Crippen LogP contribution in [0.4, 0.5) is 13.2 Å². The third-order valence-electron chi connectivity index (χ3n) is 3.11. The van der Waals surface area contributed by atoms with Gasteiger partial charge in [0.1, 0.15) is 0 Å². The zero-order chi connectivity index (χ0) is 14.6. The Morgan fingerprint density at radius 1 is 1.37 bits per heavy atom. The minimum atomic E-state index is -4.38. The monoisotopic (exact) mass is 273 g/mol. The molecule has 0 aliphatic carbocycles. The number of aryl methyl sites for hydroxylation is 1. The number of hydrogen-bond acceptors (Lipinski definition) is 2. The van der Waals surface area contributed by atoms with Gasteiger partial charge in [0.15, 0.2) is 5.78 Å². The quantitative estimate of drug-likeness (QED) is 0.833. The molecule has 0 saturated carbocycles. The van der Waals surface area contributed by atoms with Crippen LogP contribution in [0.15, 0.2) is 18.2 Å². The lowest BCUT2D eigenvalue weighted by Crippen LogP contribution is -2.15. The molecule has 19 heavy (non-hydrogen) atoms. The van der Waals surface area contributed by atoms with Crippen molar-refractivity contribution in [1.82, 2.24) is 0 Å². The van der Waals surface area contributed by atoms with Crippen LogP contribution in [-0.4, -0.2) is 12.3 Å². The van der Waals surface area contributed by atoms with Gasteiger partial charge in [0.25, 0.3) is 0 Å². The fraction of sp³-hybridized carbons (Fsp3) is 0.500. The van der Waals surface area contributed by atoms with E-state index in [1.54, 1.807) is 6.92 Å². The van der Waals surface area contributed by atoms with Gasteiger partial charge in [0.05, 0.1) is 5.56 Å². The Morgan fingerprint density at radius 3 is 2.47 bits per heavy atom. The van der Waals surface area contributed by atoms with Gasteiger partial charge in [-0.3, -0.25) is 4.79 Å². The molecule has 1 aromatic carbocycles. The van der Waals surface area contributed by atoms with Gasteiger partial charge in [-0.25, -0.2) is 0 Å². The van der Waals surface area contributed by atoms with E-state index in [1.165, 1.54) is 13.0 Å². The molecule has 0 aromatic heterocycles. The van der Waals surface area contributed by atoms with Crippen LogP contribution in [0, 0.1) is 12.8 Å². The Hall–Kier alpha value is -1.36. The number of ketones is 1. The summed E-state index contributed by atoms with van der Waals surface area (Å²) in [6.07, 6.45) is -3.00. The van der Waals surface area contributed by atoms with Crippen molar-refractivity contribution in [3.8, 4) is 0 Å². The Labute approximate surface area is 110 Å². The molecule has 0 bridgehead atoms. The lowest BCUT2D eigenvalue weighted by molar-refractivity contribution is -0.137. The first-order valence-corrected chi connectivity index (χ1v) is 6.19. The fourth-order valence-corrected chi connectivity index (χ4v) is 1.94. The second-order valence-electron chi connectivity index (χ2n) is 4.72. The maximum Gasteiger partial charge on any atom is 0.416 e. The number of carbonyl (C=O) groups is 1. The van der Waals surface area contributed by atoms with Gasteiger partial charge >= 0.3 is 6.18 Å². The van der Waals surface area contributed by atoms with Gasteiger partial charge in [0.2, 0.25) is 0 Å². The normalized spacial score (nSPS) is 13.4. The van der Waals surface area contributed by atoms with Gasteiger partial charge in [-0.2, -0.15) is 13.2 Å². The summed E-state index contributed by atoms with van der Waals surface area (Å²) in [5.74, 6) is -0.348. The first-order valence-electron chi connectivity index (χ1n) is 6.19. The van der Waals surface area contributed by atoms with Gasteiger partial charge in [-0.15, -0.1) is 0 Å². The summed E-state index contributed by atoms with van der Waals surface area (Å²) < 4.78 is 37.6. The number of halogens is 3. The van der Waals surface area contributed by atoms with E-state index in [0.717, 1.165) is 18.6 Å². The summed E-state index contributed by atoms with van der Waals surface area (Å²) in [5.41, 5.74) is 5.37. The zero-order valence-corrected chi connectivity index (χ0v) is 11.1. The second-order valence-corrected chi connectivity index (χ2v) is 4.72. The molecule has 1 unspecified atom stereocenters. The number of benzene rings is 1. The molecule has 0 amide bonds. The molecule has 2 N–H and O–H groups in total. The van der Waals surface area contributed by atoms with E-state index in [2.05, 4.69) is 0 Å². The molecule has 0 saturated heterocycles. The molecular weight excluding hydrogens is 255 g/mol. The average molecular weight is 273 g/mol. The van der Waals surface area contributed by atoms with Gasteiger partial charge in [-0.1, -0.05) is 13.0 Å². The topological polar surface area (TPSA) is 43.1 Å². The third-order valence-corrected chi connectivity index (χ3v) is 3.11. The Kier molecular flexibility index (Phi) is 5.11. The van der Waals surface area contributed by atoms with E-state index in [4.69, 9.17) is 5.73 Å². The fourth-order valence-electron chi connectivity index (χ4n) is 1.94. The zero-order valence-electron chi connectivity index (χ0n) is 11.1. The van der Waals surface area contributed by atoms with Crippen LogP contribution in [0.3, 0.4) is 0 Å². The van der Waals surface area contributed by atoms with Gasteiger partial charge in [0, 0.05) is 11.5 Å². The molecule has 0 fully saturated rings. The lowest BCUT2D eigenvalue weighted by atomic mass is 9.91. The largest absolute Gasteiger partial charge is 0.416 e. The summed E-state index contributed by atoms with van der Waals surface area (Å²) in [7, 11) is 0. The smallest absolute Gasteiger partial charge is 0.330 e. The third kappa shape index (κ3) is 4.06. The SMILES string of the molecule is Cc1cc(C(F)(F)F)ccc1C(=O)C(C)CCCN. The van der Waals surface area contributed by atoms with Crippen LogP contribution >= 0.6 is 0 Å². The van der Waals surface area contributed by atoms with Crippen LogP contribution in [0.2, 0.25) is 0 Å². The number of nitrogens with two attached hydrogens (primary N) is 1. The van der Waals surface area contributed by atoms with Gasteiger partial charge in [-0.05, 0) is 44.0 Å². The summed E-state index contributed by atoms with van der Waals surface area (Å²) >= 11 is 0. The van der Waals surface area contributed by atoms with Crippen molar-refractivity contribution < 1.29 is 18.0 Å². The minimum Gasteiger partial charge on any atom is -0.330 e. The number of carbonyl (C=O) groups excluding carboxylic acids is 1. The van der Waals surface area contributed by atoms with Crippen LogP contribution in [0.1, 0.15) is 41.3 Å². The Bertz CT molecular complexity index is 454. The van der Waals surface area contributed by atoms with Crippen molar-refractivity contribution in [2.75, 3.05) is 6.54 Å². The standard InChI is InChI=1S/C14H18F3NO/c1-9(4-3-7-18)13(19)12-6-5-11(8-10(12)2)14(15,16)17/h5-6,8-9H,3-4,7,18H2,1-2H3. The molecule has 1 aromatic rings. The minimum absolute atomic E-state index is 0.125. The molecule has 5 heteroatoms. The number of rotatable bonds is 5. The van der Waals surface area contributed by atoms with E-state index in [-0.39, 0.29) is 11.7 Å². The number of Topliss-reactive ketones (excluding diaryl/α,β-unsaturated/α-hetero) is 1. The van der Waals surface area contributed by atoms with Gasteiger partial charge < -0.3 is 5.73 Å². The molecule has 0 spiro atoms. The Balaban J connectivity index is 2.93. The van der Waals surface area contributed by atoms with E-state index in [0.29, 0.717) is 24.1 Å². The predicted octanol–water partition coefficient (Wildman–Crippen LogP) is 3.57. The highest BCUT2D eigenvalue weighted by atomic mass is 19.4. The summed E-state index contributed by atoms with van der Waals surface area (Å²) in [6, 6.07) is 3.23. The molecular formula is C14H18F3NO. The molecule has 1 atom stereocenters. The maximum absolute atomic E-state index is 12.5. The highest BCUT2D eigenvalue weighted by molar-refractivity contribution is 5.98. The van der Waals surface area contributed by atoms with Crippen LogP contribution < -0.4 is 5.73 Å². The maximum atomic E-state index is 12.5. The molecule has 2 nitrogen and oxygen atoms in total. The lowest BCUT2D eigenvalue weighted by Gasteiger charge is -2.14. The summed E-state index contributed by atoms with van der Waals surface area (Å²) in [5, 5.41) is 0. The highest BCUT2D eigenvalue weighted by Crippen LogP contribution is 2.31. The van der Waals surface area contributed by atoms with E-state index >= 15 is 0 Å². The van der Waals surface area contributed by atoms with E-state index < -0.39 is 11.7 Å². The molecule has 0 aliphatic rings. The van der Waals surface area contributed by atoms with Crippen LogP contribution in [0.5, 0.6) is 0 Å². The predicted molar refractivity (Wildman–Crippen MR) is 68.0 cm³/mol. The van der Waals surface area contributed by atoms with Crippen molar-refractivity contribution in [2.45, 2.75) is 32.9 Å². The second kappa shape index (κ2) is 6.19. The highest BCUT2D eigenvalue weighted by Gasteiger charge is 2.31. The van der Waals surface area contributed by atoms with Crippen molar-refractivity contribution in [3.63, 3.8) is 0 Å². The van der Waals surface area contributed by atoms with E-state index in [1.807, 2.05) is 0 Å². The van der Waals surface area contributed by atoms with Crippen LogP contribution in [-0.2, 0) is 6.18 Å². The first kappa shape index (κ1) is 15.7. The molecule has 1 rings (SSSR count). The van der Waals surface area contributed by atoms with E-state index in [9.17, 15) is 18.0 Å². The first-order chi connectivity index (χ1) is 8.77. The number of hydrogen-bond donors (Lipinski definition) is 1. The molecule has 0 heterocycles. The summed E-state index contributed by atoms with van der Waals surface area (Å²) in [4.78, 5) is 12.1. The molecule has 106 valence electrons. The average Bonchev–Trinajstić information content (AvgIpc) is 2.33. The van der Waals surface area contributed by atoms with Crippen molar-refractivity contribution in [1.29, 1.82) is 0 Å². The molecule has 0 radical (unpaired) electrons. The van der Waals surface area contributed by atoms with Crippen molar-refractivity contribution in [2.24, 2.45) is 11.7 Å². The Morgan fingerprint density at radius 2 is 2.00 bits per heavy atom. The van der Waals surface area contributed by atoms with Crippen molar-refractivity contribution in [3.05, 3.63) is 34.9 Å². The molecule has 0 aliphatic heterocycles.